The van der Waals surface area contributed by atoms with E-state index in [1.54, 1.807) is 18.2 Å². The number of rotatable bonds is 1. The smallest absolute Gasteiger partial charge is 0.339 e. The van der Waals surface area contributed by atoms with Crippen molar-refractivity contribution in [3.05, 3.63) is 35.0 Å². The quantitative estimate of drug-likeness (QED) is 0.775. The summed E-state index contributed by atoms with van der Waals surface area (Å²) >= 11 is 5.79. The minimum Gasteiger partial charge on any atom is -0.478 e. The van der Waals surface area contributed by atoms with Gasteiger partial charge in [0.25, 0.3) is 0 Å². The fraction of sp³-hybridized carbons (Fsp3) is 0. The van der Waals surface area contributed by atoms with Gasteiger partial charge in [-0.05, 0) is 18.2 Å². The zero-order chi connectivity index (χ0) is 11.0. The first-order valence-corrected chi connectivity index (χ1v) is 4.54. The van der Waals surface area contributed by atoms with Gasteiger partial charge < -0.3 is 10.8 Å². The molecule has 1 aromatic heterocycles. The number of halogens is 1. The van der Waals surface area contributed by atoms with Gasteiger partial charge in [-0.25, -0.2) is 4.79 Å². The van der Waals surface area contributed by atoms with Crippen molar-refractivity contribution in [2.75, 3.05) is 5.73 Å². The zero-order valence-corrected chi connectivity index (χ0v) is 8.32. The molecular weight excluding hydrogens is 216 g/mol. The van der Waals surface area contributed by atoms with Gasteiger partial charge in [-0.2, -0.15) is 0 Å². The van der Waals surface area contributed by atoms with Gasteiger partial charge in [0, 0.05) is 16.6 Å². The number of fused-ring (bicyclic) bond motifs is 1. The number of aromatic nitrogens is 1. The molecule has 5 heteroatoms. The fourth-order valence-corrected chi connectivity index (χ4v) is 1.53. The molecule has 0 fully saturated rings. The van der Waals surface area contributed by atoms with E-state index in [4.69, 9.17) is 22.4 Å². The maximum absolute atomic E-state index is 10.8. The third kappa shape index (κ3) is 1.59. The Hall–Kier alpha value is -1.81. The summed E-state index contributed by atoms with van der Waals surface area (Å²) in [6, 6.07) is 4.97. The van der Waals surface area contributed by atoms with Crippen LogP contribution in [0.1, 0.15) is 10.4 Å². The van der Waals surface area contributed by atoms with Crippen molar-refractivity contribution >= 4 is 34.2 Å². The molecule has 0 aliphatic heterocycles. The molecule has 0 radical (unpaired) electrons. The lowest BCUT2D eigenvalue weighted by molar-refractivity contribution is 0.0698. The number of anilines is 1. The molecule has 2 rings (SSSR count). The Morgan fingerprint density at radius 1 is 1.47 bits per heavy atom. The molecule has 0 unspecified atom stereocenters. The topological polar surface area (TPSA) is 76.2 Å². The lowest BCUT2D eigenvalue weighted by atomic mass is 10.1. The van der Waals surface area contributed by atoms with Gasteiger partial charge in [0.05, 0.1) is 11.2 Å². The Bertz CT molecular complexity index is 554. The van der Waals surface area contributed by atoms with Crippen LogP contribution in [-0.4, -0.2) is 16.1 Å². The van der Waals surface area contributed by atoms with E-state index in [1.807, 2.05) is 0 Å². The van der Waals surface area contributed by atoms with Crippen molar-refractivity contribution < 1.29 is 9.90 Å². The second-order valence-corrected chi connectivity index (χ2v) is 3.49. The molecule has 0 bridgehead atoms. The number of nitrogen functional groups attached to an aromatic ring is 1. The van der Waals surface area contributed by atoms with Crippen LogP contribution in [0.25, 0.3) is 10.9 Å². The first kappa shape index (κ1) is 9.73. The molecule has 0 aliphatic rings. The number of carboxylic acids is 1. The number of pyridine rings is 1. The highest BCUT2D eigenvalue weighted by atomic mass is 35.5. The molecule has 3 N–H and O–H groups in total. The lowest BCUT2D eigenvalue weighted by Gasteiger charge is -2.04. The summed E-state index contributed by atoms with van der Waals surface area (Å²) in [6.07, 6.45) is 1.24. The van der Waals surface area contributed by atoms with Gasteiger partial charge in [0.2, 0.25) is 0 Å². The van der Waals surface area contributed by atoms with Crippen molar-refractivity contribution in [2.45, 2.75) is 0 Å². The van der Waals surface area contributed by atoms with Crippen LogP contribution in [0.2, 0.25) is 5.02 Å². The molecule has 2 aromatic rings. The maximum atomic E-state index is 10.8. The highest BCUT2D eigenvalue weighted by Gasteiger charge is 2.11. The molecule has 0 atom stereocenters. The highest BCUT2D eigenvalue weighted by Crippen LogP contribution is 2.25. The first-order chi connectivity index (χ1) is 7.09. The number of hydrogen-bond donors (Lipinski definition) is 2. The van der Waals surface area contributed by atoms with Crippen LogP contribution in [0.15, 0.2) is 24.4 Å². The lowest BCUT2D eigenvalue weighted by Crippen LogP contribution is -2.03. The largest absolute Gasteiger partial charge is 0.478 e. The summed E-state index contributed by atoms with van der Waals surface area (Å²) in [5, 5.41) is 9.90. The second-order valence-electron chi connectivity index (χ2n) is 3.05. The number of aromatic carboxylic acids is 1. The normalized spacial score (nSPS) is 10.5. The third-order valence-electron chi connectivity index (χ3n) is 2.10. The van der Waals surface area contributed by atoms with E-state index >= 15 is 0 Å². The number of benzene rings is 1. The first-order valence-electron chi connectivity index (χ1n) is 4.16. The summed E-state index contributed by atoms with van der Waals surface area (Å²) < 4.78 is 0. The SMILES string of the molecule is Nc1c(C(=O)O)cnc2ccc(Cl)cc12. The molecule has 0 spiro atoms. The molecule has 0 saturated carbocycles. The summed E-state index contributed by atoms with van der Waals surface area (Å²) in [5.41, 5.74) is 6.52. The van der Waals surface area contributed by atoms with E-state index < -0.39 is 5.97 Å². The average Bonchev–Trinajstić information content (AvgIpc) is 2.19. The molecule has 1 aromatic carbocycles. The molecule has 4 nitrogen and oxygen atoms in total. The monoisotopic (exact) mass is 222 g/mol. The Balaban J connectivity index is 2.82. The Morgan fingerprint density at radius 2 is 2.20 bits per heavy atom. The van der Waals surface area contributed by atoms with Crippen LogP contribution in [0, 0.1) is 0 Å². The van der Waals surface area contributed by atoms with Crippen molar-refractivity contribution in [2.24, 2.45) is 0 Å². The summed E-state index contributed by atoms with van der Waals surface area (Å²) in [4.78, 5) is 14.8. The summed E-state index contributed by atoms with van der Waals surface area (Å²) in [7, 11) is 0. The van der Waals surface area contributed by atoms with E-state index in [0.717, 1.165) is 0 Å². The van der Waals surface area contributed by atoms with E-state index in [9.17, 15) is 4.79 Å². The van der Waals surface area contributed by atoms with Gasteiger partial charge in [-0.1, -0.05) is 11.6 Å². The van der Waals surface area contributed by atoms with Gasteiger partial charge in [-0.3, -0.25) is 4.98 Å². The number of nitrogens with two attached hydrogens (primary N) is 1. The minimum absolute atomic E-state index is 0.00948. The van der Waals surface area contributed by atoms with E-state index in [1.165, 1.54) is 6.20 Å². The highest BCUT2D eigenvalue weighted by molar-refractivity contribution is 6.31. The Labute approximate surface area is 90.3 Å². The maximum Gasteiger partial charge on any atom is 0.339 e. The average molecular weight is 223 g/mol. The van der Waals surface area contributed by atoms with E-state index in [0.29, 0.717) is 15.9 Å². The van der Waals surface area contributed by atoms with Gasteiger partial charge >= 0.3 is 5.97 Å². The number of carbonyl (C=O) groups is 1. The van der Waals surface area contributed by atoms with Crippen molar-refractivity contribution in [1.82, 2.24) is 4.98 Å². The Kier molecular flexibility index (Phi) is 2.21. The summed E-state index contributed by atoms with van der Waals surface area (Å²) in [6.45, 7) is 0. The molecule has 0 saturated heterocycles. The summed E-state index contributed by atoms with van der Waals surface area (Å²) in [5.74, 6) is -1.10. The van der Waals surface area contributed by atoms with Gasteiger partial charge in [0.1, 0.15) is 5.56 Å². The van der Waals surface area contributed by atoms with Crippen LogP contribution < -0.4 is 5.73 Å². The number of carboxylic acid groups (broad SMARTS) is 1. The molecule has 1 heterocycles. The van der Waals surface area contributed by atoms with Crippen molar-refractivity contribution in [1.29, 1.82) is 0 Å². The van der Waals surface area contributed by atoms with Crippen molar-refractivity contribution in [3.63, 3.8) is 0 Å². The van der Waals surface area contributed by atoms with Crippen LogP contribution in [0.4, 0.5) is 5.69 Å². The predicted molar refractivity (Wildman–Crippen MR) is 58.1 cm³/mol. The van der Waals surface area contributed by atoms with Crippen molar-refractivity contribution in [3.8, 4) is 0 Å². The van der Waals surface area contributed by atoms with E-state index in [-0.39, 0.29) is 11.3 Å². The molecule has 0 aliphatic carbocycles. The molecule has 15 heavy (non-hydrogen) atoms. The number of nitrogens with zero attached hydrogens (tertiary/aromatic N) is 1. The number of hydrogen-bond acceptors (Lipinski definition) is 3. The standard InChI is InChI=1S/C10H7ClN2O2/c11-5-1-2-8-6(3-5)9(12)7(4-13-8)10(14)15/h1-4H,(H2,12,13)(H,14,15). The van der Waals surface area contributed by atoms with Crippen LogP contribution in [-0.2, 0) is 0 Å². The van der Waals surface area contributed by atoms with Gasteiger partial charge in [0.15, 0.2) is 0 Å². The second kappa shape index (κ2) is 3.40. The minimum atomic E-state index is -1.10. The zero-order valence-electron chi connectivity index (χ0n) is 7.57. The van der Waals surface area contributed by atoms with Crippen LogP contribution in [0.3, 0.4) is 0 Å². The van der Waals surface area contributed by atoms with Crippen LogP contribution in [0.5, 0.6) is 0 Å². The third-order valence-corrected chi connectivity index (χ3v) is 2.34. The fourth-order valence-electron chi connectivity index (χ4n) is 1.36. The molecule has 76 valence electrons. The van der Waals surface area contributed by atoms with E-state index in [2.05, 4.69) is 4.98 Å². The molecule has 0 amide bonds. The van der Waals surface area contributed by atoms with Gasteiger partial charge in [-0.15, -0.1) is 0 Å². The Morgan fingerprint density at radius 3 is 2.87 bits per heavy atom. The van der Waals surface area contributed by atoms with Crippen LogP contribution >= 0.6 is 11.6 Å². The predicted octanol–water partition coefficient (Wildman–Crippen LogP) is 2.17. The molecular formula is C10H7ClN2O2.